The van der Waals surface area contributed by atoms with Crippen molar-refractivity contribution in [2.75, 3.05) is 5.32 Å². The van der Waals surface area contributed by atoms with Gasteiger partial charge in [-0.25, -0.2) is 9.37 Å². The van der Waals surface area contributed by atoms with Crippen LogP contribution < -0.4 is 11.1 Å². The molecule has 0 amide bonds. The molecule has 1 aliphatic carbocycles. The Morgan fingerprint density at radius 2 is 2.23 bits per heavy atom. The van der Waals surface area contributed by atoms with E-state index in [4.69, 9.17) is 5.73 Å². The van der Waals surface area contributed by atoms with Crippen molar-refractivity contribution in [2.24, 2.45) is 5.73 Å². The van der Waals surface area contributed by atoms with Crippen molar-refractivity contribution in [1.82, 2.24) is 4.98 Å². The highest BCUT2D eigenvalue weighted by Crippen LogP contribution is 2.21. The maximum Gasteiger partial charge on any atom is 0.141 e. The lowest BCUT2D eigenvalue weighted by molar-refractivity contribution is 0.373. The summed E-state index contributed by atoms with van der Waals surface area (Å²) in [5.41, 5.74) is 5.63. The van der Waals surface area contributed by atoms with Crippen LogP contribution in [0.4, 0.5) is 10.2 Å². The van der Waals surface area contributed by atoms with Crippen molar-refractivity contribution >= 4 is 5.82 Å². The monoisotopic (exact) mass is 181 g/mol. The Morgan fingerprint density at radius 1 is 1.46 bits per heavy atom. The number of halogens is 1. The minimum atomic E-state index is -0.309. The van der Waals surface area contributed by atoms with Gasteiger partial charge in [-0.05, 0) is 25.0 Å². The number of nitrogens with one attached hydrogen (secondary N) is 1. The van der Waals surface area contributed by atoms with E-state index in [9.17, 15) is 4.39 Å². The first kappa shape index (κ1) is 8.44. The third-order valence-corrected chi connectivity index (χ3v) is 2.25. The lowest BCUT2D eigenvalue weighted by Gasteiger charge is -2.33. The Morgan fingerprint density at radius 3 is 2.77 bits per heavy atom. The fourth-order valence-electron chi connectivity index (χ4n) is 1.45. The summed E-state index contributed by atoms with van der Waals surface area (Å²) in [7, 11) is 0. The molecule has 1 heterocycles. The second-order valence-corrected chi connectivity index (χ2v) is 3.43. The van der Waals surface area contributed by atoms with Gasteiger partial charge in [0.15, 0.2) is 0 Å². The van der Waals surface area contributed by atoms with E-state index in [2.05, 4.69) is 10.3 Å². The summed E-state index contributed by atoms with van der Waals surface area (Å²) in [6, 6.07) is 3.76. The predicted octanol–water partition coefficient (Wildman–Crippen LogP) is 1.12. The molecule has 4 heteroatoms. The maximum absolute atomic E-state index is 12.5. The number of anilines is 1. The molecule has 0 aromatic carbocycles. The lowest BCUT2D eigenvalue weighted by Crippen LogP contribution is -2.44. The fourth-order valence-corrected chi connectivity index (χ4v) is 1.45. The number of hydrogen-bond acceptors (Lipinski definition) is 3. The van der Waals surface area contributed by atoms with E-state index in [-0.39, 0.29) is 5.82 Å². The molecule has 0 bridgehead atoms. The predicted molar refractivity (Wildman–Crippen MR) is 48.8 cm³/mol. The summed E-state index contributed by atoms with van der Waals surface area (Å²) in [5.74, 6) is 0.411. The van der Waals surface area contributed by atoms with E-state index >= 15 is 0 Å². The summed E-state index contributed by atoms with van der Waals surface area (Å²) < 4.78 is 12.5. The van der Waals surface area contributed by atoms with Gasteiger partial charge in [-0.1, -0.05) is 0 Å². The molecular formula is C9H12FN3. The zero-order valence-corrected chi connectivity index (χ0v) is 7.20. The van der Waals surface area contributed by atoms with Gasteiger partial charge in [-0.2, -0.15) is 0 Å². The van der Waals surface area contributed by atoms with Crippen molar-refractivity contribution in [2.45, 2.75) is 24.9 Å². The Kier molecular flexibility index (Phi) is 2.14. The number of aromatic nitrogens is 1. The molecule has 0 saturated heterocycles. The second kappa shape index (κ2) is 3.30. The van der Waals surface area contributed by atoms with Crippen LogP contribution in [-0.4, -0.2) is 17.1 Å². The first-order valence-electron chi connectivity index (χ1n) is 4.38. The molecule has 70 valence electrons. The summed E-state index contributed by atoms with van der Waals surface area (Å²) in [4.78, 5) is 3.90. The molecule has 0 radical (unpaired) electrons. The molecule has 0 aliphatic heterocycles. The SMILES string of the molecule is NC1CC(Nc2ccc(F)cn2)C1. The number of rotatable bonds is 2. The minimum absolute atomic E-state index is 0.309. The summed E-state index contributed by atoms with van der Waals surface area (Å²) in [6.45, 7) is 0. The van der Waals surface area contributed by atoms with Crippen LogP contribution in [0.2, 0.25) is 0 Å². The Labute approximate surface area is 76.2 Å². The summed E-state index contributed by atoms with van der Waals surface area (Å²) >= 11 is 0. The molecule has 3 N–H and O–H groups in total. The van der Waals surface area contributed by atoms with Gasteiger partial charge >= 0.3 is 0 Å². The van der Waals surface area contributed by atoms with E-state index in [0.717, 1.165) is 18.7 Å². The maximum atomic E-state index is 12.5. The molecule has 3 nitrogen and oxygen atoms in total. The van der Waals surface area contributed by atoms with Crippen molar-refractivity contribution in [3.8, 4) is 0 Å². The van der Waals surface area contributed by atoms with Crippen LogP contribution in [0.1, 0.15) is 12.8 Å². The molecular weight excluding hydrogens is 169 g/mol. The number of hydrogen-bond donors (Lipinski definition) is 2. The second-order valence-electron chi connectivity index (χ2n) is 3.43. The zero-order valence-electron chi connectivity index (χ0n) is 7.20. The van der Waals surface area contributed by atoms with E-state index in [0.29, 0.717) is 12.1 Å². The van der Waals surface area contributed by atoms with Crippen LogP contribution in [0, 0.1) is 5.82 Å². The molecule has 1 fully saturated rings. The van der Waals surface area contributed by atoms with Gasteiger partial charge in [0.1, 0.15) is 11.6 Å². The number of pyridine rings is 1. The Bertz CT molecular complexity index is 279. The van der Waals surface area contributed by atoms with E-state index in [1.54, 1.807) is 6.07 Å². The smallest absolute Gasteiger partial charge is 0.141 e. The van der Waals surface area contributed by atoms with E-state index in [1.807, 2.05) is 0 Å². The molecule has 1 aliphatic rings. The van der Waals surface area contributed by atoms with Crippen molar-refractivity contribution < 1.29 is 4.39 Å². The van der Waals surface area contributed by atoms with Gasteiger partial charge in [0, 0.05) is 12.1 Å². The molecule has 2 rings (SSSR count). The van der Waals surface area contributed by atoms with Crippen LogP contribution >= 0.6 is 0 Å². The molecule has 1 aromatic heterocycles. The molecule has 0 spiro atoms. The molecule has 13 heavy (non-hydrogen) atoms. The zero-order chi connectivity index (χ0) is 9.26. The largest absolute Gasteiger partial charge is 0.367 e. The van der Waals surface area contributed by atoms with E-state index < -0.39 is 0 Å². The van der Waals surface area contributed by atoms with Crippen molar-refractivity contribution in [3.63, 3.8) is 0 Å². The fraction of sp³-hybridized carbons (Fsp3) is 0.444. The van der Waals surface area contributed by atoms with Crippen LogP contribution in [0.3, 0.4) is 0 Å². The first-order valence-corrected chi connectivity index (χ1v) is 4.38. The Balaban J connectivity index is 1.91. The lowest BCUT2D eigenvalue weighted by atomic mass is 9.88. The van der Waals surface area contributed by atoms with Crippen LogP contribution in [-0.2, 0) is 0 Å². The van der Waals surface area contributed by atoms with E-state index in [1.165, 1.54) is 12.3 Å². The van der Waals surface area contributed by atoms with Crippen LogP contribution in [0.15, 0.2) is 18.3 Å². The highest BCUT2D eigenvalue weighted by Gasteiger charge is 2.25. The summed E-state index contributed by atoms with van der Waals surface area (Å²) in [6.07, 6.45) is 3.15. The topological polar surface area (TPSA) is 50.9 Å². The highest BCUT2D eigenvalue weighted by atomic mass is 19.1. The van der Waals surface area contributed by atoms with Gasteiger partial charge in [-0.15, -0.1) is 0 Å². The van der Waals surface area contributed by atoms with Crippen molar-refractivity contribution in [3.05, 3.63) is 24.1 Å². The highest BCUT2D eigenvalue weighted by molar-refractivity contribution is 5.35. The third-order valence-electron chi connectivity index (χ3n) is 2.25. The molecule has 0 atom stereocenters. The average molecular weight is 181 g/mol. The molecule has 1 aromatic rings. The van der Waals surface area contributed by atoms with Crippen LogP contribution in [0.5, 0.6) is 0 Å². The van der Waals surface area contributed by atoms with Gasteiger partial charge in [0.2, 0.25) is 0 Å². The number of nitrogens with two attached hydrogens (primary N) is 1. The minimum Gasteiger partial charge on any atom is -0.367 e. The Hall–Kier alpha value is -1.16. The van der Waals surface area contributed by atoms with Gasteiger partial charge in [0.25, 0.3) is 0 Å². The average Bonchev–Trinajstić information content (AvgIpc) is 2.06. The normalized spacial score (nSPS) is 26.6. The third kappa shape index (κ3) is 1.95. The summed E-state index contributed by atoms with van der Waals surface area (Å²) in [5, 5.41) is 3.18. The standard InChI is InChI=1S/C9H12FN3/c10-6-1-2-9(12-5-6)13-8-3-7(11)4-8/h1-2,5,7-8H,3-4,11H2,(H,12,13). The molecule has 1 saturated carbocycles. The molecule has 0 unspecified atom stereocenters. The van der Waals surface area contributed by atoms with Gasteiger partial charge in [0.05, 0.1) is 6.20 Å². The van der Waals surface area contributed by atoms with Crippen LogP contribution in [0.25, 0.3) is 0 Å². The van der Waals surface area contributed by atoms with Crippen molar-refractivity contribution in [1.29, 1.82) is 0 Å². The quantitative estimate of drug-likeness (QED) is 0.718. The van der Waals surface area contributed by atoms with Gasteiger partial charge < -0.3 is 11.1 Å². The van der Waals surface area contributed by atoms with Gasteiger partial charge in [-0.3, -0.25) is 0 Å². The number of nitrogens with zero attached hydrogens (tertiary/aromatic N) is 1. The first-order chi connectivity index (χ1) is 6.24.